The molecule has 2 nitrogen and oxygen atoms in total. The number of carbonyl (C=O) groups excluding carboxylic acids is 1. The van der Waals surface area contributed by atoms with Crippen molar-refractivity contribution in [3.8, 4) is 0 Å². The third-order valence-electron chi connectivity index (χ3n) is 3.38. The largest absolute Gasteiger partial charge is 0.372 e. The molecule has 3 heteroatoms. The highest BCUT2D eigenvalue weighted by atomic mass is 19.1. The van der Waals surface area contributed by atoms with Gasteiger partial charge in [-0.05, 0) is 51.3 Å². The van der Waals surface area contributed by atoms with Crippen LogP contribution < -0.4 is 4.90 Å². The van der Waals surface area contributed by atoms with Crippen LogP contribution in [0.15, 0.2) is 30.4 Å². The molecule has 0 aromatic heterocycles. The lowest BCUT2D eigenvalue weighted by molar-refractivity contribution is -0.107. The third kappa shape index (κ3) is 7.64. The topological polar surface area (TPSA) is 20.3 Å². The monoisotopic (exact) mass is 293 g/mol. The first-order valence-corrected chi connectivity index (χ1v) is 7.40. The van der Waals surface area contributed by atoms with E-state index in [1.165, 1.54) is 5.57 Å². The molecule has 1 atom stereocenters. The zero-order valence-corrected chi connectivity index (χ0v) is 13.9. The molecule has 0 fully saturated rings. The van der Waals surface area contributed by atoms with Crippen LogP contribution in [0.2, 0.25) is 0 Å². The molecule has 1 unspecified atom stereocenters. The van der Waals surface area contributed by atoms with Gasteiger partial charge in [0.2, 0.25) is 0 Å². The van der Waals surface area contributed by atoms with Crippen LogP contribution in [0.4, 0.5) is 10.1 Å². The first-order chi connectivity index (χ1) is 9.83. The Morgan fingerprint density at radius 2 is 2.05 bits per heavy atom. The number of anilines is 1. The first kappa shape index (κ1) is 19.4. The second kappa shape index (κ2) is 10.1. The zero-order valence-electron chi connectivity index (χ0n) is 13.9. The fourth-order valence-corrected chi connectivity index (χ4v) is 1.70. The maximum Gasteiger partial charge on any atom is 0.128 e. The van der Waals surface area contributed by atoms with E-state index in [1.807, 2.05) is 33.0 Å². The van der Waals surface area contributed by atoms with E-state index >= 15 is 0 Å². The fourth-order valence-electron chi connectivity index (χ4n) is 1.70. The predicted molar refractivity (Wildman–Crippen MR) is 89.4 cm³/mol. The molecule has 1 aromatic carbocycles. The molecule has 0 aliphatic heterocycles. The summed E-state index contributed by atoms with van der Waals surface area (Å²) in [4.78, 5) is 11.3. The summed E-state index contributed by atoms with van der Waals surface area (Å²) < 4.78 is 13.5. The van der Waals surface area contributed by atoms with Gasteiger partial charge in [-0.2, -0.15) is 0 Å². The number of carbonyl (C=O) groups is 1. The van der Waals surface area contributed by atoms with Gasteiger partial charge in [0.15, 0.2) is 0 Å². The van der Waals surface area contributed by atoms with Crippen LogP contribution in [-0.2, 0) is 4.79 Å². The molecule has 1 aromatic rings. The van der Waals surface area contributed by atoms with Gasteiger partial charge in [0, 0.05) is 25.2 Å². The Morgan fingerprint density at radius 3 is 2.48 bits per heavy atom. The summed E-state index contributed by atoms with van der Waals surface area (Å²) in [5, 5.41) is 0. The normalized spacial score (nSPS) is 11.1. The molecular formula is C18H28FNO. The number of nitrogens with zero attached hydrogens (tertiary/aromatic N) is 1. The van der Waals surface area contributed by atoms with Crippen molar-refractivity contribution in [2.24, 2.45) is 0 Å². The SMILES string of the molecule is C=C(C)CCC(C)N(C)c1ccc(C)c(F)c1.CCC=O. The summed E-state index contributed by atoms with van der Waals surface area (Å²) in [6, 6.07) is 5.78. The lowest BCUT2D eigenvalue weighted by atomic mass is 10.1. The smallest absolute Gasteiger partial charge is 0.128 e. The van der Waals surface area contributed by atoms with Gasteiger partial charge in [-0.1, -0.05) is 18.6 Å². The molecule has 118 valence electrons. The Kier molecular flexibility index (Phi) is 9.35. The van der Waals surface area contributed by atoms with Crippen LogP contribution in [0, 0.1) is 12.7 Å². The highest BCUT2D eigenvalue weighted by Gasteiger charge is 2.11. The van der Waals surface area contributed by atoms with Crippen molar-refractivity contribution in [2.45, 2.75) is 53.0 Å². The molecule has 0 amide bonds. The summed E-state index contributed by atoms with van der Waals surface area (Å²) in [5.74, 6) is -0.138. The molecule has 0 saturated carbocycles. The van der Waals surface area contributed by atoms with Crippen LogP contribution in [0.3, 0.4) is 0 Å². The van der Waals surface area contributed by atoms with Gasteiger partial charge < -0.3 is 9.69 Å². The Bertz CT molecular complexity index is 457. The lowest BCUT2D eigenvalue weighted by Crippen LogP contribution is -2.28. The molecule has 0 radical (unpaired) electrons. The van der Waals surface area contributed by atoms with Crippen molar-refractivity contribution in [1.29, 1.82) is 0 Å². The highest BCUT2D eigenvalue weighted by Crippen LogP contribution is 2.21. The van der Waals surface area contributed by atoms with E-state index in [1.54, 1.807) is 13.0 Å². The van der Waals surface area contributed by atoms with Crippen LogP contribution >= 0.6 is 0 Å². The van der Waals surface area contributed by atoms with Crippen molar-refractivity contribution in [2.75, 3.05) is 11.9 Å². The van der Waals surface area contributed by atoms with Crippen molar-refractivity contribution in [1.82, 2.24) is 0 Å². The average Bonchev–Trinajstić information content (AvgIpc) is 2.47. The van der Waals surface area contributed by atoms with E-state index in [9.17, 15) is 9.18 Å². The van der Waals surface area contributed by atoms with E-state index in [2.05, 4.69) is 18.4 Å². The average molecular weight is 293 g/mol. The van der Waals surface area contributed by atoms with Gasteiger partial charge >= 0.3 is 0 Å². The van der Waals surface area contributed by atoms with Crippen LogP contribution in [-0.4, -0.2) is 19.4 Å². The summed E-state index contributed by atoms with van der Waals surface area (Å²) in [5.41, 5.74) is 2.82. The maximum atomic E-state index is 13.5. The number of hydrogen-bond acceptors (Lipinski definition) is 2. The van der Waals surface area contributed by atoms with Gasteiger partial charge in [0.1, 0.15) is 12.1 Å². The molecule has 0 heterocycles. The molecule has 0 aliphatic rings. The molecule has 0 N–H and O–H groups in total. The molecular weight excluding hydrogens is 265 g/mol. The van der Waals surface area contributed by atoms with E-state index in [0.29, 0.717) is 18.0 Å². The summed E-state index contributed by atoms with van der Waals surface area (Å²) in [6.45, 7) is 11.7. The van der Waals surface area contributed by atoms with Crippen LogP contribution in [0.5, 0.6) is 0 Å². The van der Waals surface area contributed by atoms with Gasteiger partial charge in [-0.25, -0.2) is 4.39 Å². The van der Waals surface area contributed by atoms with E-state index in [-0.39, 0.29) is 5.82 Å². The minimum atomic E-state index is -0.138. The van der Waals surface area contributed by atoms with Gasteiger partial charge in [-0.3, -0.25) is 0 Å². The zero-order chi connectivity index (χ0) is 16.4. The fraction of sp³-hybridized carbons (Fsp3) is 0.500. The molecule has 0 spiro atoms. The van der Waals surface area contributed by atoms with E-state index in [0.717, 1.165) is 24.8 Å². The number of aryl methyl sites for hydroxylation is 1. The van der Waals surface area contributed by atoms with E-state index in [4.69, 9.17) is 0 Å². The first-order valence-electron chi connectivity index (χ1n) is 7.40. The quantitative estimate of drug-likeness (QED) is 0.548. The lowest BCUT2D eigenvalue weighted by Gasteiger charge is -2.27. The number of rotatable bonds is 6. The number of hydrogen-bond donors (Lipinski definition) is 0. The Labute approximate surface area is 128 Å². The van der Waals surface area contributed by atoms with Gasteiger partial charge in [-0.15, -0.1) is 6.58 Å². The predicted octanol–water partition coefficient (Wildman–Crippen LogP) is 4.91. The Balaban J connectivity index is 0.000000885. The Hall–Kier alpha value is -1.64. The van der Waals surface area contributed by atoms with Crippen molar-refractivity contribution in [3.05, 3.63) is 41.7 Å². The summed E-state index contributed by atoms with van der Waals surface area (Å²) in [6.07, 6.45) is 3.57. The van der Waals surface area contributed by atoms with Crippen molar-refractivity contribution >= 4 is 12.0 Å². The van der Waals surface area contributed by atoms with Gasteiger partial charge in [0.05, 0.1) is 0 Å². The molecule has 0 bridgehead atoms. The summed E-state index contributed by atoms with van der Waals surface area (Å²) >= 11 is 0. The second-order valence-corrected chi connectivity index (χ2v) is 5.46. The number of benzene rings is 1. The third-order valence-corrected chi connectivity index (χ3v) is 3.38. The number of allylic oxidation sites excluding steroid dienone is 1. The second-order valence-electron chi connectivity index (χ2n) is 5.46. The minimum Gasteiger partial charge on any atom is -0.372 e. The maximum absolute atomic E-state index is 13.5. The van der Waals surface area contributed by atoms with Crippen molar-refractivity contribution in [3.63, 3.8) is 0 Å². The Morgan fingerprint density at radius 1 is 1.48 bits per heavy atom. The van der Waals surface area contributed by atoms with Crippen LogP contribution in [0.25, 0.3) is 0 Å². The molecule has 1 rings (SSSR count). The molecule has 0 aliphatic carbocycles. The van der Waals surface area contributed by atoms with Gasteiger partial charge in [0.25, 0.3) is 0 Å². The van der Waals surface area contributed by atoms with Crippen LogP contribution in [0.1, 0.15) is 45.6 Å². The van der Waals surface area contributed by atoms with Crippen molar-refractivity contribution < 1.29 is 9.18 Å². The summed E-state index contributed by atoms with van der Waals surface area (Å²) in [7, 11) is 2.01. The standard InChI is InChI=1S/C15H22FN.C3H6O/c1-11(2)6-8-13(4)17(5)14-9-7-12(3)15(16)10-14;1-2-3-4/h7,9-10,13H,1,6,8H2,2-5H3;3H,2H2,1H3. The highest BCUT2D eigenvalue weighted by molar-refractivity contribution is 5.48. The minimum absolute atomic E-state index is 0.138. The molecule has 21 heavy (non-hydrogen) atoms. The number of aldehydes is 1. The molecule has 0 saturated heterocycles. The number of halogens is 1. The van der Waals surface area contributed by atoms with E-state index < -0.39 is 0 Å².